The molecule has 0 aromatic rings. The van der Waals surface area contributed by atoms with Crippen molar-refractivity contribution in [3.05, 3.63) is 0 Å². The van der Waals surface area contributed by atoms with Crippen molar-refractivity contribution >= 4 is 0 Å². The quantitative estimate of drug-likeness (QED) is 0.823. The van der Waals surface area contributed by atoms with Crippen LogP contribution in [0.25, 0.3) is 0 Å². The molecule has 102 valence electrons. The molecule has 1 saturated heterocycles. The summed E-state index contributed by atoms with van der Waals surface area (Å²) in [5.74, 6) is 0. The molecule has 1 N–H and O–H groups in total. The van der Waals surface area contributed by atoms with Crippen molar-refractivity contribution in [2.45, 2.75) is 38.6 Å². The molecule has 0 radical (unpaired) electrons. The summed E-state index contributed by atoms with van der Waals surface area (Å²) in [7, 11) is 0. The molecule has 1 aliphatic rings. The number of hydrogen-bond donors (Lipinski definition) is 1. The number of hydrogen-bond acceptors (Lipinski definition) is 3. The zero-order valence-electron chi connectivity index (χ0n) is 10.6. The summed E-state index contributed by atoms with van der Waals surface area (Å²) in [6.07, 6.45) is -4.13. The number of nitrogens with zero attached hydrogens (tertiary/aromatic N) is 2. The zero-order valence-corrected chi connectivity index (χ0v) is 10.6. The number of β-amino-alcohol motifs (C(OH)–C–C–N with tert-alkyl or cyclic N) is 1. The predicted octanol–water partition coefficient (Wildman–Crippen LogP) is 1.33. The van der Waals surface area contributed by atoms with Crippen molar-refractivity contribution in [2.24, 2.45) is 0 Å². The van der Waals surface area contributed by atoms with Gasteiger partial charge in [0.2, 0.25) is 0 Å². The van der Waals surface area contributed by atoms with E-state index in [4.69, 9.17) is 0 Å². The van der Waals surface area contributed by atoms with Gasteiger partial charge in [-0.2, -0.15) is 13.2 Å². The van der Waals surface area contributed by atoms with Gasteiger partial charge in [-0.3, -0.25) is 9.80 Å². The number of halogens is 3. The first kappa shape index (κ1) is 14.7. The van der Waals surface area contributed by atoms with Gasteiger partial charge in [0.1, 0.15) is 0 Å². The second-order valence-electron chi connectivity index (χ2n) is 5.48. The molecule has 0 spiro atoms. The zero-order chi connectivity index (χ0) is 13.3. The molecule has 0 amide bonds. The maximum Gasteiger partial charge on any atom is 0.401 e. The fourth-order valence-corrected chi connectivity index (χ4v) is 2.23. The van der Waals surface area contributed by atoms with Gasteiger partial charge in [0.15, 0.2) is 0 Å². The van der Waals surface area contributed by atoms with Gasteiger partial charge in [-0.1, -0.05) is 0 Å². The van der Waals surface area contributed by atoms with Crippen molar-refractivity contribution in [3.63, 3.8) is 0 Å². The van der Waals surface area contributed by atoms with Crippen LogP contribution in [0.3, 0.4) is 0 Å². The molecule has 1 heterocycles. The molecule has 0 bridgehead atoms. The number of aliphatic hydroxyl groups is 1. The highest BCUT2D eigenvalue weighted by atomic mass is 19.4. The van der Waals surface area contributed by atoms with Crippen LogP contribution in [0, 0.1) is 0 Å². The molecule has 1 atom stereocenters. The lowest BCUT2D eigenvalue weighted by atomic mass is 10.1. The largest absolute Gasteiger partial charge is 0.401 e. The fraction of sp³-hybridized carbons (Fsp3) is 1.00. The Bertz CT molecular complexity index is 250. The van der Waals surface area contributed by atoms with Gasteiger partial charge in [0, 0.05) is 32.2 Å². The molecule has 1 aliphatic heterocycles. The second kappa shape index (κ2) is 5.12. The second-order valence-corrected chi connectivity index (χ2v) is 5.48. The van der Waals surface area contributed by atoms with E-state index in [0.717, 1.165) is 0 Å². The molecule has 1 fully saturated rings. The van der Waals surface area contributed by atoms with Crippen LogP contribution in [0.15, 0.2) is 0 Å². The Labute approximate surface area is 100 Å². The monoisotopic (exact) mass is 254 g/mol. The Balaban J connectivity index is 2.45. The first-order valence-corrected chi connectivity index (χ1v) is 5.82. The van der Waals surface area contributed by atoms with Crippen molar-refractivity contribution in [3.8, 4) is 0 Å². The maximum absolute atomic E-state index is 12.3. The van der Waals surface area contributed by atoms with Crippen LogP contribution in [-0.4, -0.2) is 65.4 Å². The first-order chi connectivity index (χ1) is 7.57. The third-order valence-electron chi connectivity index (χ3n) is 2.84. The normalized spacial score (nSPS) is 25.2. The van der Waals surface area contributed by atoms with Crippen molar-refractivity contribution in [1.29, 1.82) is 0 Å². The summed E-state index contributed by atoms with van der Waals surface area (Å²) in [5, 5.41) is 9.67. The third kappa shape index (κ3) is 5.70. The Morgan fingerprint density at radius 2 is 1.76 bits per heavy atom. The molecular formula is C11H21F3N2O. The minimum Gasteiger partial charge on any atom is -0.389 e. The van der Waals surface area contributed by atoms with Gasteiger partial charge in [0.25, 0.3) is 0 Å². The number of alkyl halides is 3. The molecule has 0 aromatic heterocycles. The van der Waals surface area contributed by atoms with Gasteiger partial charge in [-0.05, 0) is 20.8 Å². The highest BCUT2D eigenvalue weighted by molar-refractivity contribution is 4.83. The van der Waals surface area contributed by atoms with Crippen LogP contribution in [0.4, 0.5) is 13.2 Å². The summed E-state index contributed by atoms with van der Waals surface area (Å²) in [6.45, 7) is 6.41. The fourth-order valence-electron chi connectivity index (χ4n) is 2.23. The minimum atomic E-state index is -4.13. The SMILES string of the molecule is CC1CN(CC(C)(C)O)CCN1CC(F)(F)F. The minimum absolute atomic E-state index is 0.132. The van der Waals surface area contributed by atoms with E-state index in [0.29, 0.717) is 26.2 Å². The molecule has 6 heteroatoms. The molecule has 1 rings (SSSR count). The summed E-state index contributed by atoms with van der Waals surface area (Å²) < 4.78 is 36.9. The summed E-state index contributed by atoms with van der Waals surface area (Å²) in [6, 6.07) is -0.132. The molecular weight excluding hydrogens is 233 g/mol. The van der Waals surface area contributed by atoms with Gasteiger partial charge in [0.05, 0.1) is 12.1 Å². The standard InChI is InChI=1S/C11H21F3N2O/c1-9-6-15(7-10(2,3)17)4-5-16(9)8-11(12,13)14/h9,17H,4-8H2,1-3H3. The molecule has 3 nitrogen and oxygen atoms in total. The lowest BCUT2D eigenvalue weighted by Crippen LogP contribution is -2.56. The number of rotatable bonds is 3. The number of piperazine rings is 1. The Hall–Kier alpha value is -0.330. The van der Waals surface area contributed by atoms with E-state index < -0.39 is 18.3 Å². The lowest BCUT2D eigenvalue weighted by molar-refractivity contribution is -0.156. The molecule has 1 unspecified atom stereocenters. The lowest BCUT2D eigenvalue weighted by Gasteiger charge is -2.41. The smallest absolute Gasteiger partial charge is 0.389 e. The summed E-state index contributed by atoms with van der Waals surface area (Å²) in [4.78, 5) is 3.46. The van der Waals surface area contributed by atoms with E-state index in [1.165, 1.54) is 4.90 Å². The average Bonchev–Trinajstić information content (AvgIpc) is 2.05. The summed E-state index contributed by atoms with van der Waals surface area (Å²) >= 11 is 0. The van der Waals surface area contributed by atoms with Gasteiger partial charge < -0.3 is 5.11 Å². The van der Waals surface area contributed by atoms with E-state index in [-0.39, 0.29) is 6.04 Å². The van der Waals surface area contributed by atoms with Crippen molar-refractivity contribution in [1.82, 2.24) is 9.80 Å². The maximum atomic E-state index is 12.3. The van der Waals surface area contributed by atoms with E-state index >= 15 is 0 Å². The predicted molar refractivity (Wildman–Crippen MR) is 59.8 cm³/mol. The van der Waals surface area contributed by atoms with Crippen LogP contribution >= 0.6 is 0 Å². The van der Waals surface area contributed by atoms with Gasteiger partial charge in [-0.15, -0.1) is 0 Å². The Morgan fingerprint density at radius 3 is 2.18 bits per heavy atom. The molecule has 17 heavy (non-hydrogen) atoms. The van der Waals surface area contributed by atoms with Crippen LogP contribution in [0.5, 0.6) is 0 Å². The Morgan fingerprint density at radius 1 is 1.18 bits per heavy atom. The van der Waals surface area contributed by atoms with Crippen LogP contribution in [0.1, 0.15) is 20.8 Å². The molecule has 0 aliphatic carbocycles. The topological polar surface area (TPSA) is 26.7 Å². The van der Waals surface area contributed by atoms with E-state index in [1.807, 2.05) is 4.90 Å². The van der Waals surface area contributed by atoms with Gasteiger partial charge >= 0.3 is 6.18 Å². The third-order valence-corrected chi connectivity index (χ3v) is 2.84. The summed E-state index contributed by atoms with van der Waals surface area (Å²) in [5.41, 5.74) is -0.800. The van der Waals surface area contributed by atoms with E-state index in [2.05, 4.69) is 0 Å². The average molecular weight is 254 g/mol. The van der Waals surface area contributed by atoms with Crippen LogP contribution < -0.4 is 0 Å². The highest BCUT2D eigenvalue weighted by Crippen LogP contribution is 2.20. The molecule has 0 aromatic carbocycles. The Kier molecular flexibility index (Phi) is 4.43. The van der Waals surface area contributed by atoms with E-state index in [1.54, 1.807) is 20.8 Å². The van der Waals surface area contributed by atoms with Crippen molar-refractivity contribution < 1.29 is 18.3 Å². The van der Waals surface area contributed by atoms with Crippen LogP contribution in [-0.2, 0) is 0 Å². The van der Waals surface area contributed by atoms with Crippen LogP contribution in [0.2, 0.25) is 0 Å². The van der Waals surface area contributed by atoms with Gasteiger partial charge in [-0.25, -0.2) is 0 Å². The highest BCUT2D eigenvalue weighted by Gasteiger charge is 2.35. The van der Waals surface area contributed by atoms with E-state index in [9.17, 15) is 18.3 Å². The van der Waals surface area contributed by atoms with Crippen molar-refractivity contribution in [2.75, 3.05) is 32.7 Å². The first-order valence-electron chi connectivity index (χ1n) is 5.82. The molecule has 0 saturated carbocycles.